The van der Waals surface area contributed by atoms with Gasteiger partial charge in [-0.25, -0.2) is 0 Å². The van der Waals surface area contributed by atoms with Gasteiger partial charge in [-0.2, -0.15) is 0 Å². The number of rotatable bonds is 3. The fourth-order valence-electron chi connectivity index (χ4n) is 3.38. The zero-order valence-corrected chi connectivity index (χ0v) is 13.3. The van der Waals surface area contributed by atoms with Crippen LogP contribution in [-0.4, -0.2) is 46.6 Å². The van der Waals surface area contributed by atoms with Crippen molar-refractivity contribution in [1.29, 1.82) is 0 Å². The lowest BCUT2D eigenvalue weighted by atomic mass is 9.92. The Morgan fingerprint density at radius 1 is 1.23 bits per heavy atom. The molecule has 0 spiro atoms. The third-order valence-electron chi connectivity index (χ3n) is 4.61. The lowest BCUT2D eigenvalue weighted by Crippen LogP contribution is -2.52. The average Bonchev–Trinajstić information content (AvgIpc) is 3.20. The monoisotopic (exact) mass is 322 g/mol. The molecule has 2 fully saturated rings. The van der Waals surface area contributed by atoms with Crippen molar-refractivity contribution >= 4 is 23.2 Å². The first-order chi connectivity index (χ1) is 10.7. The molecule has 2 N–H and O–H groups in total. The number of hydrogen-bond acceptors (Lipinski definition) is 4. The molecule has 1 aliphatic carbocycles. The van der Waals surface area contributed by atoms with Crippen LogP contribution in [0.3, 0.4) is 0 Å². The number of aliphatic hydroxyl groups is 1. The standard InChI is InChI=1S/C16H22N2O3S/c19-13-7-2-1-5-11(13)17-15(20)12-6-3-9-18(12)16(21)14-8-4-10-22-14/h4,8,10-13,19H,1-3,5-7,9H2,(H,17,20)/t11-,12-,13+/m0/s1. The van der Waals surface area contributed by atoms with E-state index >= 15 is 0 Å². The minimum absolute atomic E-state index is 0.0585. The first-order valence-corrected chi connectivity index (χ1v) is 8.87. The Hall–Kier alpha value is -1.40. The summed E-state index contributed by atoms with van der Waals surface area (Å²) in [4.78, 5) is 27.4. The Bertz CT molecular complexity index is 532. The van der Waals surface area contributed by atoms with Gasteiger partial charge in [0.15, 0.2) is 0 Å². The number of aliphatic hydroxyl groups excluding tert-OH is 1. The van der Waals surface area contributed by atoms with Gasteiger partial charge < -0.3 is 15.3 Å². The summed E-state index contributed by atoms with van der Waals surface area (Å²) in [5.41, 5.74) is 0. The molecular weight excluding hydrogens is 300 g/mol. The van der Waals surface area contributed by atoms with Gasteiger partial charge in [-0.05, 0) is 37.1 Å². The summed E-state index contributed by atoms with van der Waals surface area (Å²) in [6.07, 6.45) is 4.70. The topological polar surface area (TPSA) is 69.6 Å². The Balaban J connectivity index is 1.64. The molecule has 5 nitrogen and oxygen atoms in total. The van der Waals surface area contributed by atoms with Crippen LogP contribution in [0.25, 0.3) is 0 Å². The van der Waals surface area contributed by atoms with Gasteiger partial charge in [0, 0.05) is 6.54 Å². The van der Waals surface area contributed by atoms with Gasteiger partial charge in [0.1, 0.15) is 6.04 Å². The molecule has 3 rings (SSSR count). The summed E-state index contributed by atoms with van der Waals surface area (Å²) in [6.45, 7) is 0.627. The molecule has 1 aliphatic heterocycles. The maximum Gasteiger partial charge on any atom is 0.264 e. The van der Waals surface area contributed by atoms with Crippen molar-refractivity contribution in [3.63, 3.8) is 0 Å². The molecule has 0 bridgehead atoms. The van der Waals surface area contributed by atoms with Crippen molar-refractivity contribution in [3.05, 3.63) is 22.4 Å². The molecule has 3 atom stereocenters. The molecule has 1 saturated heterocycles. The Morgan fingerprint density at radius 3 is 2.77 bits per heavy atom. The first-order valence-electron chi connectivity index (χ1n) is 8.00. The van der Waals surface area contributed by atoms with E-state index in [0.29, 0.717) is 17.8 Å². The van der Waals surface area contributed by atoms with Crippen molar-refractivity contribution in [3.8, 4) is 0 Å². The number of nitrogens with zero attached hydrogens (tertiary/aromatic N) is 1. The van der Waals surface area contributed by atoms with Gasteiger partial charge in [-0.15, -0.1) is 11.3 Å². The lowest BCUT2D eigenvalue weighted by molar-refractivity contribution is -0.126. The van der Waals surface area contributed by atoms with Crippen LogP contribution in [0.1, 0.15) is 48.2 Å². The lowest BCUT2D eigenvalue weighted by Gasteiger charge is -2.31. The zero-order valence-electron chi connectivity index (χ0n) is 12.5. The SMILES string of the molecule is O=C(N[C@H]1CCCC[C@H]1O)[C@@H]1CCCN1C(=O)c1cccs1. The molecular formula is C16H22N2O3S. The highest BCUT2D eigenvalue weighted by Gasteiger charge is 2.36. The van der Waals surface area contributed by atoms with Gasteiger partial charge in [0.2, 0.25) is 5.91 Å². The molecule has 2 aliphatic rings. The van der Waals surface area contributed by atoms with Crippen molar-refractivity contribution in [1.82, 2.24) is 10.2 Å². The fraction of sp³-hybridized carbons (Fsp3) is 0.625. The van der Waals surface area contributed by atoms with Gasteiger partial charge in [0.05, 0.1) is 17.0 Å². The second-order valence-electron chi connectivity index (χ2n) is 6.10. The van der Waals surface area contributed by atoms with Crippen LogP contribution >= 0.6 is 11.3 Å². The summed E-state index contributed by atoms with van der Waals surface area (Å²) in [7, 11) is 0. The van der Waals surface area contributed by atoms with E-state index in [4.69, 9.17) is 0 Å². The fourth-order valence-corrected chi connectivity index (χ4v) is 4.06. The number of carbonyl (C=O) groups is 2. The highest BCUT2D eigenvalue weighted by Crippen LogP contribution is 2.24. The third kappa shape index (κ3) is 3.17. The molecule has 2 heterocycles. The van der Waals surface area contributed by atoms with Crippen LogP contribution in [-0.2, 0) is 4.79 Å². The Labute approximate surface area is 134 Å². The summed E-state index contributed by atoms with van der Waals surface area (Å²) >= 11 is 1.40. The molecule has 2 amide bonds. The number of likely N-dealkylation sites (tertiary alicyclic amines) is 1. The van der Waals surface area contributed by atoms with Gasteiger partial charge in [-0.3, -0.25) is 9.59 Å². The normalized spacial score (nSPS) is 28.6. The molecule has 6 heteroatoms. The van der Waals surface area contributed by atoms with Crippen LogP contribution in [0, 0.1) is 0 Å². The number of amides is 2. The van der Waals surface area contributed by atoms with Gasteiger partial charge in [-0.1, -0.05) is 18.9 Å². The minimum Gasteiger partial charge on any atom is -0.391 e. The van der Waals surface area contributed by atoms with E-state index in [1.54, 1.807) is 11.0 Å². The van der Waals surface area contributed by atoms with Crippen LogP contribution in [0.15, 0.2) is 17.5 Å². The maximum atomic E-state index is 12.5. The number of hydrogen-bond donors (Lipinski definition) is 2. The second kappa shape index (κ2) is 6.79. The summed E-state index contributed by atoms with van der Waals surface area (Å²) in [5, 5.41) is 14.8. The first kappa shape index (κ1) is 15.5. The van der Waals surface area contributed by atoms with Gasteiger partial charge in [0.25, 0.3) is 5.91 Å². The molecule has 1 saturated carbocycles. The molecule has 0 aromatic carbocycles. The maximum absolute atomic E-state index is 12.5. The van der Waals surface area contributed by atoms with E-state index in [2.05, 4.69) is 5.32 Å². The van der Waals surface area contributed by atoms with E-state index in [1.165, 1.54) is 11.3 Å². The highest BCUT2D eigenvalue weighted by molar-refractivity contribution is 7.12. The van der Waals surface area contributed by atoms with Gasteiger partial charge >= 0.3 is 0 Å². The summed E-state index contributed by atoms with van der Waals surface area (Å²) < 4.78 is 0. The van der Waals surface area contributed by atoms with E-state index in [9.17, 15) is 14.7 Å². The van der Waals surface area contributed by atoms with Crippen molar-refractivity contribution in [2.75, 3.05) is 6.54 Å². The molecule has 1 aromatic rings. The predicted molar refractivity (Wildman–Crippen MR) is 84.8 cm³/mol. The predicted octanol–water partition coefficient (Wildman–Crippen LogP) is 1.77. The van der Waals surface area contributed by atoms with E-state index < -0.39 is 12.1 Å². The van der Waals surface area contributed by atoms with E-state index in [0.717, 1.165) is 32.1 Å². The number of thiophene rings is 1. The van der Waals surface area contributed by atoms with Crippen LogP contribution in [0.4, 0.5) is 0 Å². The van der Waals surface area contributed by atoms with Crippen molar-refractivity contribution in [2.45, 2.75) is 56.7 Å². The van der Waals surface area contributed by atoms with Crippen molar-refractivity contribution < 1.29 is 14.7 Å². The number of carbonyl (C=O) groups excluding carboxylic acids is 2. The van der Waals surface area contributed by atoms with E-state index in [1.807, 2.05) is 11.4 Å². The smallest absolute Gasteiger partial charge is 0.264 e. The average molecular weight is 322 g/mol. The Kier molecular flexibility index (Phi) is 4.78. The molecule has 0 radical (unpaired) electrons. The largest absolute Gasteiger partial charge is 0.391 e. The van der Waals surface area contributed by atoms with E-state index in [-0.39, 0.29) is 17.9 Å². The third-order valence-corrected chi connectivity index (χ3v) is 5.46. The summed E-state index contributed by atoms with van der Waals surface area (Å²) in [6, 6.07) is 3.08. The summed E-state index contributed by atoms with van der Waals surface area (Å²) in [5.74, 6) is -0.176. The van der Waals surface area contributed by atoms with Crippen LogP contribution < -0.4 is 5.32 Å². The Morgan fingerprint density at radius 2 is 2.05 bits per heavy atom. The molecule has 1 aromatic heterocycles. The second-order valence-corrected chi connectivity index (χ2v) is 7.05. The van der Waals surface area contributed by atoms with Crippen LogP contribution in [0.2, 0.25) is 0 Å². The quantitative estimate of drug-likeness (QED) is 0.891. The number of nitrogens with one attached hydrogen (secondary N) is 1. The molecule has 0 unspecified atom stereocenters. The molecule has 120 valence electrons. The molecule has 22 heavy (non-hydrogen) atoms. The van der Waals surface area contributed by atoms with Crippen LogP contribution in [0.5, 0.6) is 0 Å². The van der Waals surface area contributed by atoms with Crippen molar-refractivity contribution in [2.24, 2.45) is 0 Å². The minimum atomic E-state index is -0.458. The zero-order chi connectivity index (χ0) is 15.5. The highest BCUT2D eigenvalue weighted by atomic mass is 32.1.